The highest BCUT2D eigenvalue weighted by atomic mass is 16.4. The summed E-state index contributed by atoms with van der Waals surface area (Å²) in [6.45, 7) is 0.105. The zero-order valence-electron chi connectivity index (χ0n) is 8.36. The van der Waals surface area contributed by atoms with Crippen molar-refractivity contribution in [2.24, 2.45) is 0 Å². The molecule has 15 heavy (non-hydrogen) atoms. The minimum Gasteiger partial charge on any atom is -0.480 e. The van der Waals surface area contributed by atoms with E-state index in [1.807, 2.05) is 0 Å². The van der Waals surface area contributed by atoms with Crippen LogP contribution in [0.15, 0.2) is 0 Å². The number of amides is 2. The van der Waals surface area contributed by atoms with Crippen LogP contribution in [0.25, 0.3) is 0 Å². The highest BCUT2D eigenvalue weighted by Gasteiger charge is 2.20. The van der Waals surface area contributed by atoms with E-state index in [4.69, 9.17) is 18.0 Å². The minimum atomic E-state index is -1.17. The fraction of sp³-hybridized carbons (Fsp3) is 0.400. The molecule has 5 heteroatoms. The van der Waals surface area contributed by atoms with Crippen LogP contribution in [0, 0.1) is 24.7 Å². The predicted molar refractivity (Wildman–Crippen MR) is 54.9 cm³/mol. The summed E-state index contributed by atoms with van der Waals surface area (Å²) < 4.78 is 0. The van der Waals surface area contributed by atoms with Gasteiger partial charge in [-0.2, -0.15) is 0 Å². The van der Waals surface area contributed by atoms with Gasteiger partial charge >= 0.3 is 12.0 Å². The lowest BCUT2D eigenvalue weighted by molar-refractivity contribution is -0.139. The monoisotopic (exact) mass is 208 g/mol. The van der Waals surface area contributed by atoms with E-state index in [0.717, 1.165) is 0 Å². The van der Waals surface area contributed by atoms with Crippen LogP contribution in [0.5, 0.6) is 0 Å². The molecule has 0 aromatic carbocycles. The Morgan fingerprint density at radius 2 is 2.07 bits per heavy atom. The number of hydrogen-bond donors (Lipinski definition) is 2. The third kappa shape index (κ3) is 4.58. The Kier molecular flexibility index (Phi) is 5.43. The van der Waals surface area contributed by atoms with Crippen molar-refractivity contribution in [2.75, 3.05) is 13.6 Å². The molecule has 0 aliphatic rings. The van der Waals surface area contributed by atoms with E-state index in [0.29, 0.717) is 0 Å². The van der Waals surface area contributed by atoms with Crippen LogP contribution in [0.4, 0.5) is 4.79 Å². The molecule has 0 aliphatic heterocycles. The van der Waals surface area contributed by atoms with Crippen LogP contribution in [-0.4, -0.2) is 41.6 Å². The number of rotatable bonds is 4. The lowest BCUT2D eigenvalue weighted by Crippen LogP contribution is -2.46. The van der Waals surface area contributed by atoms with E-state index in [2.05, 4.69) is 17.2 Å². The molecule has 0 aromatic heterocycles. The number of nitrogens with zero attached hydrogens (tertiary/aromatic N) is 1. The van der Waals surface area contributed by atoms with Crippen LogP contribution in [0.3, 0.4) is 0 Å². The fourth-order valence-corrected chi connectivity index (χ4v) is 0.786. The second-order valence-corrected chi connectivity index (χ2v) is 2.81. The van der Waals surface area contributed by atoms with Crippen LogP contribution in [-0.2, 0) is 4.79 Å². The van der Waals surface area contributed by atoms with E-state index in [-0.39, 0.29) is 13.0 Å². The second kappa shape index (κ2) is 6.33. The Hall–Kier alpha value is -2.14. The number of carboxylic acids is 1. The first kappa shape index (κ1) is 12.9. The first-order chi connectivity index (χ1) is 7.02. The summed E-state index contributed by atoms with van der Waals surface area (Å²) >= 11 is 0. The first-order valence-electron chi connectivity index (χ1n) is 4.14. The Morgan fingerprint density at radius 1 is 1.47 bits per heavy atom. The molecule has 0 radical (unpaired) electrons. The molecule has 80 valence electrons. The van der Waals surface area contributed by atoms with Gasteiger partial charge in [0.1, 0.15) is 6.04 Å². The van der Waals surface area contributed by atoms with Gasteiger partial charge in [0.15, 0.2) is 0 Å². The standard InChI is InChI=1S/C10H12N2O3/c1-4-6-8(9(13)14)11-10(15)12(3)7-5-2/h1-2,8H,6-7H2,3H3,(H,11,15)(H,13,14). The van der Waals surface area contributed by atoms with Crippen molar-refractivity contribution in [3.05, 3.63) is 0 Å². The van der Waals surface area contributed by atoms with Crippen molar-refractivity contribution in [3.63, 3.8) is 0 Å². The third-order valence-corrected chi connectivity index (χ3v) is 1.59. The maximum Gasteiger partial charge on any atom is 0.327 e. The minimum absolute atomic E-state index is 0.0645. The van der Waals surface area contributed by atoms with E-state index >= 15 is 0 Å². The molecule has 0 aromatic rings. The molecule has 0 bridgehead atoms. The molecule has 1 unspecified atom stereocenters. The Labute approximate surface area is 88.4 Å². The van der Waals surface area contributed by atoms with Crippen LogP contribution in [0.1, 0.15) is 6.42 Å². The largest absolute Gasteiger partial charge is 0.480 e. The van der Waals surface area contributed by atoms with Crippen molar-refractivity contribution in [3.8, 4) is 24.7 Å². The van der Waals surface area contributed by atoms with Gasteiger partial charge in [-0.1, -0.05) is 5.92 Å². The van der Waals surface area contributed by atoms with Crippen LogP contribution < -0.4 is 5.32 Å². The molecule has 0 saturated heterocycles. The second-order valence-electron chi connectivity index (χ2n) is 2.81. The number of urea groups is 1. The van der Waals surface area contributed by atoms with Gasteiger partial charge < -0.3 is 15.3 Å². The molecule has 1 atom stereocenters. The molecule has 0 rings (SSSR count). The molecular weight excluding hydrogens is 196 g/mol. The van der Waals surface area contributed by atoms with E-state index in [9.17, 15) is 9.59 Å². The molecule has 0 saturated carbocycles. The Morgan fingerprint density at radius 3 is 2.47 bits per heavy atom. The number of carboxylic acid groups (broad SMARTS) is 1. The number of terminal acetylenes is 2. The van der Waals surface area contributed by atoms with Gasteiger partial charge in [-0.25, -0.2) is 9.59 Å². The van der Waals surface area contributed by atoms with Crippen LogP contribution in [0.2, 0.25) is 0 Å². The number of hydrogen-bond acceptors (Lipinski definition) is 2. The molecule has 5 nitrogen and oxygen atoms in total. The zero-order valence-corrected chi connectivity index (χ0v) is 8.36. The predicted octanol–water partition coefficient (Wildman–Crippen LogP) is -0.263. The summed E-state index contributed by atoms with van der Waals surface area (Å²) in [5.74, 6) is 3.26. The molecule has 2 amide bonds. The number of nitrogens with one attached hydrogen (secondary N) is 1. The average molecular weight is 208 g/mol. The summed E-state index contributed by atoms with van der Waals surface area (Å²) in [5, 5.41) is 10.9. The third-order valence-electron chi connectivity index (χ3n) is 1.59. The van der Waals surface area contributed by atoms with Crippen LogP contribution >= 0.6 is 0 Å². The highest BCUT2D eigenvalue weighted by Crippen LogP contribution is 1.93. The number of carbonyl (C=O) groups excluding carboxylic acids is 1. The molecule has 2 N–H and O–H groups in total. The molecule has 0 spiro atoms. The van der Waals surface area contributed by atoms with E-state index in [1.54, 1.807) is 0 Å². The first-order valence-corrected chi connectivity index (χ1v) is 4.14. The topological polar surface area (TPSA) is 69.6 Å². The average Bonchev–Trinajstić information content (AvgIpc) is 2.17. The smallest absolute Gasteiger partial charge is 0.327 e. The lowest BCUT2D eigenvalue weighted by Gasteiger charge is -2.18. The van der Waals surface area contributed by atoms with E-state index < -0.39 is 18.0 Å². The van der Waals surface area contributed by atoms with Gasteiger partial charge in [-0.05, 0) is 0 Å². The van der Waals surface area contributed by atoms with E-state index in [1.165, 1.54) is 11.9 Å². The Bertz CT molecular complexity index is 325. The number of carbonyl (C=O) groups is 2. The SMILES string of the molecule is C#CCC(NC(=O)N(C)CC#C)C(=O)O. The molecular formula is C10H12N2O3. The Balaban J connectivity index is 4.31. The summed E-state index contributed by atoms with van der Waals surface area (Å²) in [6, 6.07) is -1.64. The number of aliphatic carboxylic acids is 1. The van der Waals surface area contributed by atoms with Gasteiger partial charge in [0, 0.05) is 13.5 Å². The maximum atomic E-state index is 11.3. The van der Waals surface area contributed by atoms with Gasteiger partial charge in [-0.3, -0.25) is 0 Å². The van der Waals surface area contributed by atoms with Crippen molar-refractivity contribution in [1.29, 1.82) is 0 Å². The lowest BCUT2D eigenvalue weighted by atomic mass is 10.2. The van der Waals surface area contributed by atoms with Crippen molar-refractivity contribution in [2.45, 2.75) is 12.5 Å². The van der Waals surface area contributed by atoms with Gasteiger partial charge in [0.2, 0.25) is 0 Å². The van der Waals surface area contributed by atoms with Crippen molar-refractivity contribution >= 4 is 12.0 Å². The highest BCUT2D eigenvalue weighted by molar-refractivity contribution is 5.82. The normalized spacial score (nSPS) is 10.6. The quantitative estimate of drug-likeness (QED) is 0.625. The van der Waals surface area contributed by atoms with Gasteiger partial charge in [0.25, 0.3) is 0 Å². The van der Waals surface area contributed by atoms with Gasteiger partial charge in [-0.15, -0.1) is 18.8 Å². The summed E-state index contributed by atoms with van der Waals surface area (Å²) in [6.07, 6.45) is 9.90. The summed E-state index contributed by atoms with van der Waals surface area (Å²) in [4.78, 5) is 23.1. The molecule has 0 heterocycles. The van der Waals surface area contributed by atoms with Crippen molar-refractivity contribution in [1.82, 2.24) is 10.2 Å². The summed E-state index contributed by atoms with van der Waals surface area (Å²) in [5.41, 5.74) is 0. The molecule has 0 fully saturated rings. The zero-order chi connectivity index (χ0) is 11.8. The molecule has 0 aliphatic carbocycles. The van der Waals surface area contributed by atoms with Gasteiger partial charge in [0.05, 0.1) is 6.54 Å². The maximum absolute atomic E-state index is 11.3. The van der Waals surface area contributed by atoms with Crippen molar-refractivity contribution < 1.29 is 14.7 Å². The fourth-order valence-electron chi connectivity index (χ4n) is 0.786. The summed E-state index contributed by atoms with van der Waals surface area (Å²) in [7, 11) is 1.46.